The minimum Gasteiger partial charge on any atom is -0.380 e. The lowest BCUT2D eigenvalue weighted by molar-refractivity contribution is -0.384. The van der Waals surface area contributed by atoms with Crippen LogP contribution in [0, 0.1) is 10.1 Å². The Bertz CT molecular complexity index is 656. The number of hydrogen-bond donors (Lipinski definition) is 2. The normalized spacial score (nSPS) is 10.0. The van der Waals surface area contributed by atoms with Crippen molar-refractivity contribution in [1.82, 2.24) is 0 Å². The summed E-state index contributed by atoms with van der Waals surface area (Å²) in [7, 11) is 0. The fourth-order valence-electron chi connectivity index (χ4n) is 1.83. The Hall–Kier alpha value is -2.89. The van der Waals surface area contributed by atoms with Crippen molar-refractivity contribution in [3.8, 4) is 0 Å². The molecule has 6 nitrogen and oxygen atoms in total. The van der Waals surface area contributed by atoms with Crippen molar-refractivity contribution in [3.63, 3.8) is 0 Å². The van der Waals surface area contributed by atoms with E-state index in [-0.39, 0.29) is 5.69 Å². The molecule has 1 amide bonds. The number of rotatable bonds is 5. The van der Waals surface area contributed by atoms with Crippen LogP contribution in [0.3, 0.4) is 0 Å². The number of nitrogens with one attached hydrogen (secondary N) is 1. The van der Waals surface area contributed by atoms with Crippen molar-refractivity contribution in [2.45, 2.75) is 6.54 Å². The molecule has 102 valence electrons. The summed E-state index contributed by atoms with van der Waals surface area (Å²) in [6.45, 7) is 0.367. The van der Waals surface area contributed by atoms with E-state index in [1.165, 1.54) is 12.1 Å². The fourth-order valence-corrected chi connectivity index (χ4v) is 1.83. The number of benzene rings is 2. The van der Waals surface area contributed by atoms with Crippen molar-refractivity contribution in [3.05, 3.63) is 69.8 Å². The van der Waals surface area contributed by atoms with Crippen LogP contribution in [0.2, 0.25) is 0 Å². The van der Waals surface area contributed by atoms with Crippen molar-refractivity contribution in [1.29, 1.82) is 0 Å². The lowest BCUT2D eigenvalue weighted by atomic mass is 10.1. The van der Waals surface area contributed by atoms with Crippen molar-refractivity contribution in [2.75, 3.05) is 5.32 Å². The highest BCUT2D eigenvalue weighted by Crippen LogP contribution is 2.17. The zero-order valence-corrected chi connectivity index (χ0v) is 10.6. The van der Waals surface area contributed by atoms with Crippen molar-refractivity contribution in [2.24, 2.45) is 5.73 Å². The smallest absolute Gasteiger partial charge is 0.269 e. The SMILES string of the molecule is NC(=O)c1ccccc1NCc1cccc([N+](=O)[O-])c1. The van der Waals surface area contributed by atoms with Crippen LogP contribution in [0.4, 0.5) is 11.4 Å². The van der Waals surface area contributed by atoms with Crippen LogP contribution in [0.25, 0.3) is 0 Å². The van der Waals surface area contributed by atoms with Crippen LogP contribution in [-0.4, -0.2) is 10.8 Å². The Morgan fingerprint density at radius 3 is 2.65 bits per heavy atom. The predicted molar refractivity (Wildman–Crippen MR) is 75.4 cm³/mol. The summed E-state index contributed by atoms with van der Waals surface area (Å²) >= 11 is 0. The second-order valence-corrected chi connectivity index (χ2v) is 4.19. The molecule has 2 aromatic carbocycles. The number of nitro groups is 1. The Morgan fingerprint density at radius 1 is 1.20 bits per heavy atom. The highest BCUT2D eigenvalue weighted by atomic mass is 16.6. The van der Waals surface area contributed by atoms with Gasteiger partial charge >= 0.3 is 0 Å². The average Bonchev–Trinajstić information content (AvgIpc) is 2.45. The molecule has 2 rings (SSSR count). The maximum Gasteiger partial charge on any atom is 0.269 e. The number of anilines is 1. The van der Waals surface area contributed by atoms with Gasteiger partial charge in [-0.2, -0.15) is 0 Å². The molecule has 6 heteroatoms. The molecule has 0 aromatic heterocycles. The molecule has 0 atom stereocenters. The lowest BCUT2D eigenvalue weighted by Gasteiger charge is -2.09. The maximum absolute atomic E-state index is 11.3. The Kier molecular flexibility index (Phi) is 3.95. The van der Waals surface area contributed by atoms with Gasteiger partial charge in [-0.3, -0.25) is 14.9 Å². The van der Waals surface area contributed by atoms with Gasteiger partial charge in [0.15, 0.2) is 0 Å². The van der Waals surface area contributed by atoms with Gasteiger partial charge in [-0.05, 0) is 17.7 Å². The molecule has 3 N–H and O–H groups in total. The first-order chi connectivity index (χ1) is 9.58. The largest absolute Gasteiger partial charge is 0.380 e. The maximum atomic E-state index is 11.3. The third kappa shape index (κ3) is 3.11. The third-order valence-electron chi connectivity index (χ3n) is 2.80. The van der Waals surface area contributed by atoms with E-state index >= 15 is 0 Å². The van der Waals surface area contributed by atoms with Crippen LogP contribution in [0.1, 0.15) is 15.9 Å². The Morgan fingerprint density at radius 2 is 1.95 bits per heavy atom. The molecule has 0 aliphatic heterocycles. The number of carbonyl (C=O) groups excluding carboxylic acids is 1. The van der Waals surface area contributed by atoms with E-state index in [9.17, 15) is 14.9 Å². The average molecular weight is 271 g/mol. The number of hydrogen-bond acceptors (Lipinski definition) is 4. The van der Waals surface area contributed by atoms with Crippen LogP contribution in [-0.2, 0) is 6.54 Å². The van der Waals surface area contributed by atoms with Crippen LogP contribution < -0.4 is 11.1 Å². The molecule has 0 unspecified atom stereocenters. The number of primary amides is 1. The van der Waals surface area contributed by atoms with Gasteiger partial charge in [-0.1, -0.05) is 24.3 Å². The first-order valence-corrected chi connectivity index (χ1v) is 5.94. The molecule has 0 heterocycles. The molecule has 0 fully saturated rings. The van der Waals surface area contributed by atoms with Crippen molar-refractivity contribution < 1.29 is 9.72 Å². The molecule has 0 aliphatic rings. The van der Waals surface area contributed by atoms with E-state index in [2.05, 4.69) is 5.32 Å². The highest BCUT2D eigenvalue weighted by molar-refractivity contribution is 5.98. The molecule has 0 saturated heterocycles. The van der Waals surface area contributed by atoms with Crippen LogP contribution in [0.5, 0.6) is 0 Å². The zero-order valence-electron chi connectivity index (χ0n) is 10.6. The van der Waals surface area contributed by atoms with Gasteiger partial charge in [0.05, 0.1) is 10.5 Å². The van der Waals surface area contributed by atoms with Crippen LogP contribution in [0.15, 0.2) is 48.5 Å². The molecule has 0 bridgehead atoms. The first kappa shape index (κ1) is 13.5. The third-order valence-corrected chi connectivity index (χ3v) is 2.80. The van der Waals surface area contributed by atoms with E-state index in [1.54, 1.807) is 36.4 Å². The quantitative estimate of drug-likeness (QED) is 0.644. The first-order valence-electron chi connectivity index (χ1n) is 5.94. The summed E-state index contributed by atoms with van der Waals surface area (Å²) in [5, 5.41) is 13.7. The number of para-hydroxylation sites is 1. The van der Waals surface area contributed by atoms with Gasteiger partial charge in [0.2, 0.25) is 0 Å². The van der Waals surface area contributed by atoms with E-state index in [0.717, 1.165) is 5.56 Å². The van der Waals surface area contributed by atoms with E-state index in [4.69, 9.17) is 5.73 Å². The summed E-state index contributed by atoms with van der Waals surface area (Å²) < 4.78 is 0. The summed E-state index contributed by atoms with van der Waals surface area (Å²) in [5.41, 5.74) is 7.05. The molecule has 0 radical (unpaired) electrons. The molecular formula is C14H13N3O3. The number of nitrogens with zero attached hydrogens (tertiary/aromatic N) is 1. The monoisotopic (exact) mass is 271 g/mol. The minimum absolute atomic E-state index is 0.0347. The van der Waals surface area contributed by atoms with Gasteiger partial charge in [0, 0.05) is 24.4 Å². The van der Waals surface area contributed by atoms with E-state index in [1.807, 2.05) is 0 Å². The molecule has 0 spiro atoms. The van der Waals surface area contributed by atoms with Gasteiger partial charge in [0.25, 0.3) is 11.6 Å². The molecule has 0 aliphatic carbocycles. The number of nitrogens with two attached hydrogens (primary N) is 1. The summed E-state index contributed by atoms with van der Waals surface area (Å²) in [4.78, 5) is 21.5. The van der Waals surface area contributed by atoms with E-state index in [0.29, 0.717) is 17.8 Å². The van der Waals surface area contributed by atoms with Gasteiger partial charge in [0.1, 0.15) is 0 Å². The fraction of sp³-hybridized carbons (Fsp3) is 0.0714. The number of non-ortho nitro benzene ring substituents is 1. The lowest BCUT2D eigenvalue weighted by Crippen LogP contribution is -2.14. The number of carbonyl (C=O) groups is 1. The second-order valence-electron chi connectivity index (χ2n) is 4.19. The topological polar surface area (TPSA) is 98.3 Å². The number of amides is 1. The molecular weight excluding hydrogens is 258 g/mol. The van der Waals surface area contributed by atoms with Crippen molar-refractivity contribution >= 4 is 17.3 Å². The minimum atomic E-state index is -0.521. The molecule has 0 saturated carbocycles. The Labute approximate surface area is 115 Å². The number of nitro benzene ring substituents is 1. The predicted octanol–water partition coefficient (Wildman–Crippen LogP) is 2.31. The van der Waals surface area contributed by atoms with Gasteiger partial charge < -0.3 is 11.1 Å². The molecule has 2 aromatic rings. The van der Waals surface area contributed by atoms with Gasteiger partial charge in [-0.15, -0.1) is 0 Å². The molecule has 20 heavy (non-hydrogen) atoms. The summed E-state index contributed by atoms with van der Waals surface area (Å²) in [6, 6.07) is 13.2. The standard InChI is InChI=1S/C14H13N3O3/c15-14(18)12-6-1-2-7-13(12)16-9-10-4-3-5-11(8-10)17(19)20/h1-8,16H,9H2,(H2,15,18). The zero-order chi connectivity index (χ0) is 14.5. The van der Waals surface area contributed by atoms with Gasteiger partial charge in [-0.25, -0.2) is 0 Å². The van der Waals surface area contributed by atoms with E-state index < -0.39 is 10.8 Å². The summed E-state index contributed by atoms with van der Waals surface area (Å²) in [5.74, 6) is -0.521. The Balaban J connectivity index is 2.15. The van der Waals surface area contributed by atoms with Crippen LogP contribution >= 0.6 is 0 Å². The second kappa shape index (κ2) is 5.83. The highest BCUT2D eigenvalue weighted by Gasteiger charge is 2.08. The summed E-state index contributed by atoms with van der Waals surface area (Å²) in [6.07, 6.45) is 0.